The van der Waals surface area contributed by atoms with E-state index in [0.717, 1.165) is 30.3 Å². The minimum Gasteiger partial charge on any atom is -0.406 e. The monoisotopic (exact) mass is 444 g/mol. The van der Waals surface area contributed by atoms with Crippen LogP contribution in [-0.4, -0.2) is 22.6 Å². The lowest BCUT2D eigenvalue weighted by Gasteiger charge is -2.12. The second kappa shape index (κ2) is 8.13. The summed E-state index contributed by atoms with van der Waals surface area (Å²) in [7, 11) is 0. The first kappa shape index (κ1) is 21.9. The van der Waals surface area contributed by atoms with Gasteiger partial charge in [0, 0.05) is 17.2 Å². The lowest BCUT2D eigenvalue weighted by atomic mass is 10.1. The molecule has 1 heterocycles. The molecule has 0 saturated carbocycles. The van der Waals surface area contributed by atoms with Gasteiger partial charge in [0.1, 0.15) is 17.2 Å². The van der Waals surface area contributed by atoms with Gasteiger partial charge in [0.2, 0.25) is 0 Å². The van der Waals surface area contributed by atoms with Crippen LogP contribution in [0.3, 0.4) is 0 Å². The molecule has 0 unspecified atom stereocenters. The highest BCUT2D eigenvalue weighted by atomic mass is 19.4. The van der Waals surface area contributed by atoms with E-state index in [0.29, 0.717) is 0 Å². The number of nitro groups is 1. The van der Waals surface area contributed by atoms with E-state index in [1.807, 2.05) is 0 Å². The molecular formula is C19H10F6N2O4. The van der Waals surface area contributed by atoms with Crippen molar-refractivity contribution in [2.45, 2.75) is 12.7 Å². The van der Waals surface area contributed by atoms with Crippen LogP contribution >= 0.6 is 0 Å². The van der Waals surface area contributed by atoms with Gasteiger partial charge in [-0.3, -0.25) is 10.1 Å². The molecule has 0 spiro atoms. The molecule has 6 nitrogen and oxygen atoms in total. The number of aromatic nitrogens is 1. The van der Waals surface area contributed by atoms with E-state index >= 15 is 0 Å². The fraction of sp³-hybridized carbons (Fsp3) is 0.105. The van der Waals surface area contributed by atoms with Crippen molar-refractivity contribution in [1.82, 2.24) is 4.98 Å². The molecule has 0 saturated heterocycles. The first-order valence-electron chi connectivity index (χ1n) is 8.29. The summed E-state index contributed by atoms with van der Waals surface area (Å²) in [5.41, 5.74) is -0.693. The van der Waals surface area contributed by atoms with Crippen LogP contribution in [0.25, 0.3) is 22.5 Å². The van der Waals surface area contributed by atoms with Crippen molar-refractivity contribution in [2.24, 2.45) is 0 Å². The third-order valence-electron chi connectivity index (χ3n) is 3.78. The maximum atomic E-state index is 12.5. The average molecular weight is 444 g/mol. The molecule has 0 atom stereocenters. The first-order chi connectivity index (χ1) is 14.4. The highest BCUT2D eigenvalue weighted by molar-refractivity contribution is 5.74. The fourth-order valence-corrected chi connectivity index (χ4v) is 2.67. The molecule has 3 rings (SSSR count). The quantitative estimate of drug-likeness (QED) is 0.269. The highest BCUT2D eigenvalue weighted by Crippen LogP contribution is 2.35. The van der Waals surface area contributed by atoms with Crippen LogP contribution in [0, 0.1) is 10.1 Å². The van der Waals surface area contributed by atoms with E-state index in [9.17, 15) is 36.5 Å². The molecule has 0 N–H and O–H groups in total. The molecule has 3 aromatic rings. The van der Waals surface area contributed by atoms with Crippen molar-refractivity contribution in [3.63, 3.8) is 0 Å². The Morgan fingerprint density at radius 1 is 0.774 bits per heavy atom. The van der Waals surface area contributed by atoms with Crippen LogP contribution in [0.2, 0.25) is 0 Å². The maximum absolute atomic E-state index is 12.5. The van der Waals surface area contributed by atoms with E-state index in [4.69, 9.17) is 0 Å². The largest absolute Gasteiger partial charge is 0.573 e. The van der Waals surface area contributed by atoms with Gasteiger partial charge in [-0.1, -0.05) is 24.3 Å². The smallest absolute Gasteiger partial charge is 0.406 e. The number of ether oxygens (including phenoxy) is 2. The summed E-state index contributed by atoms with van der Waals surface area (Å²) in [5, 5.41) is 11.4. The standard InChI is InChI=1S/C19H10F6N2O4/c20-18(21,22)30-13-5-1-3-11(9-13)15-7-8-16(27(28)29)17(26-15)12-4-2-6-14(10-12)31-19(23,24)25/h1-10H. The summed E-state index contributed by atoms with van der Waals surface area (Å²) in [5.74, 6) is -1.15. The number of hydrogen-bond donors (Lipinski definition) is 0. The van der Waals surface area contributed by atoms with Gasteiger partial charge in [-0.05, 0) is 30.3 Å². The van der Waals surface area contributed by atoms with Crippen molar-refractivity contribution in [2.75, 3.05) is 0 Å². The van der Waals surface area contributed by atoms with Crippen LogP contribution in [0.1, 0.15) is 0 Å². The Kier molecular flexibility index (Phi) is 5.73. The number of nitrogens with zero attached hydrogens (tertiary/aromatic N) is 2. The molecule has 0 aliphatic carbocycles. The van der Waals surface area contributed by atoms with Crippen molar-refractivity contribution in [3.8, 4) is 34.0 Å². The molecule has 162 valence electrons. The van der Waals surface area contributed by atoms with Crippen molar-refractivity contribution < 1.29 is 40.7 Å². The van der Waals surface area contributed by atoms with Crippen molar-refractivity contribution >= 4 is 5.69 Å². The molecule has 0 bridgehead atoms. The summed E-state index contributed by atoms with van der Waals surface area (Å²) < 4.78 is 82.5. The Labute approximate surface area is 169 Å². The summed E-state index contributed by atoms with van der Waals surface area (Å²) in [4.78, 5) is 14.7. The summed E-state index contributed by atoms with van der Waals surface area (Å²) >= 11 is 0. The van der Waals surface area contributed by atoms with Crippen LogP contribution in [0.4, 0.5) is 32.0 Å². The summed E-state index contributed by atoms with van der Waals surface area (Å²) in [6.07, 6.45) is -9.90. The Balaban J connectivity index is 2.07. The fourth-order valence-electron chi connectivity index (χ4n) is 2.67. The first-order valence-corrected chi connectivity index (χ1v) is 8.29. The lowest BCUT2D eigenvalue weighted by Crippen LogP contribution is -2.17. The topological polar surface area (TPSA) is 74.5 Å². The Morgan fingerprint density at radius 2 is 1.29 bits per heavy atom. The number of rotatable bonds is 5. The second-order valence-electron chi connectivity index (χ2n) is 5.97. The zero-order valence-electron chi connectivity index (χ0n) is 15.1. The van der Waals surface area contributed by atoms with E-state index in [2.05, 4.69) is 14.5 Å². The molecule has 12 heteroatoms. The van der Waals surface area contributed by atoms with Crippen LogP contribution in [-0.2, 0) is 0 Å². The molecule has 1 aromatic heterocycles. The van der Waals surface area contributed by atoms with E-state index in [1.54, 1.807) is 0 Å². The average Bonchev–Trinajstić information content (AvgIpc) is 2.65. The van der Waals surface area contributed by atoms with Gasteiger partial charge >= 0.3 is 12.7 Å². The molecular weight excluding hydrogens is 434 g/mol. The van der Waals surface area contributed by atoms with Crippen molar-refractivity contribution in [1.29, 1.82) is 0 Å². The predicted octanol–water partition coefficient (Wildman–Crippen LogP) is 6.12. The van der Waals surface area contributed by atoms with E-state index in [1.165, 1.54) is 30.3 Å². The van der Waals surface area contributed by atoms with Gasteiger partial charge in [-0.25, -0.2) is 4.98 Å². The van der Waals surface area contributed by atoms with Gasteiger partial charge in [0.25, 0.3) is 5.69 Å². The SMILES string of the molecule is O=[N+]([O-])c1ccc(-c2cccc(OC(F)(F)F)c2)nc1-c1cccc(OC(F)(F)F)c1. The van der Waals surface area contributed by atoms with Gasteiger partial charge in [-0.2, -0.15) is 0 Å². The zero-order chi connectivity index (χ0) is 22.8. The number of halogens is 6. The minimum atomic E-state index is -4.97. The number of alkyl halides is 6. The maximum Gasteiger partial charge on any atom is 0.573 e. The summed E-state index contributed by atoms with van der Waals surface area (Å²) in [6.45, 7) is 0. The Bertz CT molecular complexity index is 1120. The normalized spacial score (nSPS) is 11.8. The van der Waals surface area contributed by atoms with Gasteiger partial charge in [-0.15, -0.1) is 26.3 Å². The Hall–Kier alpha value is -3.83. The molecule has 2 aromatic carbocycles. The molecule has 0 radical (unpaired) electrons. The third kappa shape index (κ3) is 5.84. The van der Waals surface area contributed by atoms with E-state index < -0.39 is 34.8 Å². The molecule has 0 fully saturated rings. The number of hydrogen-bond acceptors (Lipinski definition) is 5. The van der Waals surface area contributed by atoms with Crippen LogP contribution < -0.4 is 9.47 Å². The summed E-state index contributed by atoms with van der Waals surface area (Å²) in [6, 6.07) is 11.4. The molecule has 0 aliphatic rings. The molecule has 31 heavy (non-hydrogen) atoms. The van der Waals surface area contributed by atoms with Gasteiger partial charge in [0.15, 0.2) is 0 Å². The van der Waals surface area contributed by atoms with Gasteiger partial charge < -0.3 is 9.47 Å². The van der Waals surface area contributed by atoms with E-state index in [-0.39, 0.29) is 22.5 Å². The third-order valence-corrected chi connectivity index (χ3v) is 3.78. The number of benzene rings is 2. The predicted molar refractivity (Wildman–Crippen MR) is 95.1 cm³/mol. The highest BCUT2D eigenvalue weighted by Gasteiger charge is 2.32. The Morgan fingerprint density at radius 3 is 1.81 bits per heavy atom. The van der Waals surface area contributed by atoms with Crippen LogP contribution in [0.15, 0.2) is 60.7 Å². The minimum absolute atomic E-state index is 0.0374. The second-order valence-corrected chi connectivity index (χ2v) is 5.97. The van der Waals surface area contributed by atoms with Crippen molar-refractivity contribution in [3.05, 3.63) is 70.8 Å². The zero-order valence-corrected chi connectivity index (χ0v) is 15.1. The van der Waals surface area contributed by atoms with Crippen LogP contribution in [0.5, 0.6) is 11.5 Å². The number of pyridine rings is 1. The molecule has 0 aliphatic heterocycles. The lowest BCUT2D eigenvalue weighted by molar-refractivity contribution is -0.384. The molecule has 0 amide bonds. The van der Waals surface area contributed by atoms with Gasteiger partial charge in [0.05, 0.1) is 10.6 Å².